The molecule has 0 aliphatic rings. The molecule has 0 aromatic heterocycles. The second-order valence-electron chi connectivity index (χ2n) is 4.65. The van der Waals surface area contributed by atoms with E-state index in [2.05, 4.69) is 10.6 Å². The molecule has 0 saturated carbocycles. The molecular weight excluding hydrogens is 358 g/mol. The van der Waals surface area contributed by atoms with Crippen LogP contribution in [0.5, 0.6) is 0 Å². The maximum absolute atomic E-state index is 13.5. The molecule has 0 aliphatic heterocycles. The van der Waals surface area contributed by atoms with Crippen molar-refractivity contribution in [2.24, 2.45) is 0 Å². The standard InChI is InChI=1S/C16H15ClF2N2S2/c17-13-4-2-1-3-11(13)10-23-8-7-20-16(22)21-15-6-5-12(18)9-14(15)19/h1-6,9H,7-8,10H2,(H2,20,21,22). The van der Waals surface area contributed by atoms with Crippen molar-refractivity contribution >= 4 is 46.4 Å². The Morgan fingerprint density at radius 2 is 1.96 bits per heavy atom. The maximum Gasteiger partial charge on any atom is 0.170 e. The minimum Gasteiger partial charge on any atom is -0.362 e. The van der Waals surface area contributed by atoms with Crippen LogP contribution < -0.4 is 10.6 Å². The van der Waals surface area contributed by atoms with Gasteiger partial charge in [0.25, 0.3) is 0 Å². The monoisotopic (exact) mass is 372 g/mol. The van der Waals surface area contributed by atoms with Gasteiger partial charge in [-0.15, -0.1) is 0 Å². The van der Waals surface area contributed by atoms with E-state index in [4.69, 9.17) is 23.8 Å². The highest BCUT2D eigenvalue weighted by Crippen LogP contribution is 2.20. The van der Waals surface area contributed by atoms with E-state index in [9.17, 15) is 8.78 Å². The van der Waals surface area contributed by atoms with Crippen molar-refractivity contribution in [3.8, 4) is 0 Å². The van der Waals surface area contributed by atoms with Gasteiger partial charge in [-0.05, 0) is 36.0 Å². The molecule has 7 heteroatoms. The van der Waals surface area contributed by atoms with Crippen LogP contribution in [-0.4, -0.2) is 17.4 Å². The average Bonchev–Trinajstić information content (AvgIpc) is 2.51. The Balaban J connectivity index is 1.68. The molecule has 0 spiro atoms. The lowest BCUT2D eigenvalue weighted by molar-refractivity contribution is 0.586. The van der Waals surface area contributed by atoms with Gasteiger partial charge in [-0.25, -0.2) is 8.78 Å². The fraction of sp³-hybridized carbons (Fsp3) is 0.188. The molecule has 2 aromatic rings. The van der Waals surface area contributed by atoms with E-state index in [0.29, 0.717) is 11.7 Å². The second kappa shape index (κ2) is 9.05. The highest BCUT2D eigenvalue weighted by atomic mass is 35.5. The summed E-state index contributed by atoms with van der Waals surface area (Å²) in [7, 11) is 0. The smallest absolute Gasteiger partial charge is 0.170 e. The Bertz CT molecular complexity index is 683. The number of benzene rings is 2. The van der Waals surface area contributed by atoms with Crippen LogP contribution in [0.4, 0.5) is 14.5 Å². The van der Waals surface area contributed by atoms with E-state index in [1.165, 1.54) is 12.1 Å². The number of thiocarbonyl (C=S) groups is 1. The zero-order valence-corrected chi connectivity index (χ0v) is 14.5. The van der Waals surface area contributed by atoms with Gasteiger partial charge in [0.2, 0.25) is 0 Å². The summed E-state index contributed by atoms with van der Waals surface area (Å²) in [5.74, 6) is 0.331. The predicted octanol–water partition coefficient (Wildman–Crippen LogP) is 4.84. The van der Waals surface area contributed by atoms with Gasteiger partial charge < -0.3 is 10.6 Å². The van der Waals surface area contributed by atoms with E-state index < -0.39 is 11.6 Å². The molecule has 2 N–H and O–H groups in total. The lowest BCUT2D eigenvalue weighted by atomic mass is 10.2. The first-order chi connectivity index (χ1) is 11.1. The molecule has 0 fully saturated rings. The lowest BCUT2D eigenvalue weighted by Crippen LogP contribution is -2.30. The first kappa shape index (κ1) is 18.0. The van der Waals surface area contributed by atoms with Crippen LogP contribution in [-0.2, 0) is 5.75 Å². The van der Waals surface area contributed by atoms with Crippen molar-refractivity contribution < 1.29 is 8.78 Å². The molecule has 2 nitrogen and oxygen atoms in total. The van der Waals surface area contributed by atoms with Crippen molar-refractivity contribution in [1.82, 2.24) is 5.32 Å². The molecular formula is C16H15ClF2N2S2. The Kier molecular flexibility index (Phi) is 7.08. The third kappa shape index (κ3) is 5.97. The first-order valence-corrected chi connectivity index (χ1v) is 8.81. The van der Waals surface area contributed by atoms with Gasteiger partial charge >= 0.3 is 0 Å². The lowest BCUT2D eigenvalue weighted by Gasteiger charge is -2.11. The van der Waals surface area contributed by atoms with Crippen LogP contribution >= 0.6 is 35.6 Å². The maximum atomic E-state index is 13.5. The van der Waals surface area contributed by atoms with Gasteiger partial charge in [-0.1, -0.05) is 29.8 Å². The summed E-state index contributed by atoms with van der Waals surface area (Å²) in [6.45, 7) is 0.629. The summed E-state index contributed by atoms with van der Waals surface area (Å²) in [4.78, 5) is 0. The van der Waals surface area contributed by atoms with Gasteiger partial charge in [0.1, 0.15) is 11.6 Å². The van der Waals surface area contributed by atoms with E-state index in [-0.39, 0.29) is 5.69 Å². The highest BCUT2D eigenvalue weighted by Gasteiger charge is 2.05. The Hall–Kier alpha value is -1.37. The second-order valence-corrected chi connectivity index (χ2v) is 6.57. The Morgan fingerprint density at radius 1 is 1.17 bits per heavy atom. The Morgan fingerprint density at radius 3 is 2.70 bits per heavy atom. The topological polar surface area (TPSA) is 24.1 Å². The van der Waals surface area contributed by atoms with Gasteiger partial charge in [0, 0.05) is 29.1 Å². The minimum absolute atomic E-state index is 0.146. The van der Waals surface area contributed by atoms with E-state index in [1.807, 2.05) is 24.3 Å². The quantitative estimate of drug-likeness (QED) is 0.559. The molecule has 122 valence electrons. The third-order valence-electron chi connectivity index (χ3n) is 2.93. The molecule has 0 aliphatic carbocycles. The summed E-state index contributed by atoms with van der Waals surface area (Å²) < 4.78 is 26.3. The van der Waals surface area contributed by atoms with Crippen LogP contribution in [0.1, 0.15) is 5.56 Å². The predicted molar refractivity (Wildman–Crippen MR) is 98.2 cm³/mol. The molecule has 2 aromatic carbocycles. The largest absolute Gasteiger partial charge is 0.362 e. The molecule has 0 atom stereocenters. The van der Waals surface area contributed by atoms with Crippen molar-refractivity contribution in [2.75, 3.05) is 17.6 Å². The number of nitrogens with one attached hydrogen (secondary N) is 2. The van der Waals surface area contributed by atoms with E-state index >= 15 is 0 Å². The van der Waals surface area contributed by atoms with Gasteiger partial charge in [-0.3, -0.25) is 0 Å². The van der Waals surface area contributed by atoms with Crippen molar-refractivity contribution in [1.29, 1.82) is 0 Å². The zero-order valence-electron chi connectivity index (χ0n) is 12.1. The van der Waals surface area contributed by atoms with Gasteiger partial charge in [-0.2, -0.15) is 11.8 Å². The number of halogens is 3. The molecule has 0 amide bonds. The SMILES string of the molecule is Fc1ccc(NC(=S)NCCSCc2ccccc2Cl)c(F)c1. The summed E-state index contributed by atoms with van der Waals surface area (Å²) in [5, 5.41) is 6.74. The number of anilines is 1. The van der Waals surface area contributed by atoms with Crippen LogP contribution in [0.25, 0.3) is 0 Å². The number of hydrogen-bond donors (Lipinski definition) is 2. The molecule has 2 rings (SSSR count). The first-order valence-electron chi connectivity index (χ1n) is 6.87. The third-order valence-corrected chi connectivity index (χ3v) is 4.55. The summed E-state index contributed by atoms with van der Waals surface area (Å²) in [5.41, 5.74) is 1.24. The summed E-state index contributed by atoms with van der Waals surface area (Å²) in [6.07, 6.45) is 0. The van der Waals surface area contributed by atoms with Crippen LogP contribution in [0, 0.1) is 11.6 Å². The van der Waals surface area contributed by atoms with Crippen LogP contribution in [0.3, 0.4) is 0 Å². The molecule has 0 heterocycles. The molecule has 23 heavy (non-hydrogen) atoms. The minimum atomic E-state index is -0.678. The molecule has 0 unspecified atom stereocenters. The van der Waals surface area contributed by atoms with Crippen molar-refractivity contribution in [3.05, 3.63) is 64.7 Å². The number of hydrogen-bond acceptors (Lipinski definition) is 2. The van der Waals surface area contributed by atoms with Crippen LogP contribution in [0.2, 0.25) is 5.02 Å². The molecule has 0 bridgehead atoms. The van der Waals surface area contributed by atoms with Gasteiger partial charge in [0.15, 0.2) is 5.11 Å². The normalized spacial score (nSPS) is 10.4. The summed E-state index contributed by atoms with van der Waals surface area (Å²) in [6, 6.07) is 11.0. The fourth-order valence-electron chi connectivity index (χ4n) is 1.79. The van der Waals surface area contributed by atoms with E-state index in [1.54, 1.807) is 11.8 Å². The van der Waals surface area contributed by atoms with E-state index in [0.717, 1.165) is 28.2 Å². The fourth-order valence-corrected chi connectivity index (χ4v) is 3.15. The molecule has 0 radical (unpaired) electrons. The zero-order chi connectivity index (χ0) is 16.7. The average molecular weight is 373 g/mol. The Labute approximate surface area is 148 Å². The number of thioether (sulfide) groups is 1. The highest BCUT2D eigenvalue weighted by molar-refractivity contribution is 7.98. The van der Waals surface area contributed by atoms with Crippen molar-refractivity contribution in [2.45, 2.75) is 5.75 Å². The van der Waals surface area contributed by atoms with Crippen LogP contribution in [0.15, 0.2) is 42.5 Å². The van der Waals surface area contributed by atoms with Gasteiger partial charge in [0.05, 0.1) is 5.69 Å². The summed E-state index contributed by atoms with van der Waals surface area (Å²) >= 11 is 12.9. The van der Waals surface area contributed by atoms with Crippen molar-refractivity contribution in [3.63, 3.8) is 0 Å². The molecule has 0 saturated heterocycles. The number of rotatable bonds is 6.